The normalized spacial score (nSPS) is 22.8. The summed E-state index contributed by atoms with van der Waals surface area (Å²) >= 11 is 5.93. The Labute approximate surface area is 132 Å². The molecule has 0 radical (unpaired) electrons. The van der Waals surface area contributed by atoms with Crippen LogP contribution in [0.4, 0.5) is 0 Å². The minimum Gasteiger partial charge on any atom is -0.480 e. The zero-order chi connectivity index (χ0) is 15.9. The topological polar surface area (TPSA) is 87.1 Å². The van der Waals surface area contributed by atoms with Crippen molar-refractivity contribution < 1.29 is 24.5 Å². The fourth-order valence-electron chi connectivity index (χ4n) is 2.87. The maximum atomic E-state index is 12.5. The molecular formula is C15H16ClNO5. The molecular weight excluding hydrogens is 310 g/mol. The van der Waals surface area contributed by atoms with Crippen molar-refractivity contribution in [3.05, 3.63) is 28.8 Å². The molecule has 0 aromatic heterocycles. The first-order valence-corrected chi connectivity index (χ1v) is 7.46. The summed E-state index contributed by atoms with van der Waals surface area (Å²) in [6.45, 7) is 0.414. The second-order valence-electron chi connectivity index (χ2n) is 5.72. The molecule has 0 spiro atoms. The molecule has 1 amide bonds. The number of nitrogens with zero attached hydrogens (tertiary/aromatic N) is 1. The zero-order valence-electron chi connectivity index (χ0n) is 11.8. The molecule has 0 saturated carbocycles. The largest absolute Gasteiger partial charge is 0.480 e. The summed E-state index contributed by atoms with van der Waals surface area (Å²) in [7, 11) is 0. The van der Waals surface area contributed by atoms with Crippen molar-refractivity contribution in [2.24, 2.45) is 0 Å². The van der Waals surface area contributed by atoms with Crippen LogP contribution in [-0.2, 0) is 16.0 Å². The molecule has 1 aromatic rings. The van der Waals surface area contributed by atoms with E-state index in [1.807, 2.05) is 0 Å². The van der Waals surface area contributed by atoms with Gasteiger partial charge in [0.15, 0.2) is 11.7 Å². The Bertz CT molecular complexity index is 624. The highest BCUT2D eigenvalue weighted by Gasteiger charge is 2.42. The number of rotatable bonds is 2. The third kappa shape index (κ3) is 2.64. The van der Waals surface area contributed by atoms with Crippen molar-refractivity contribution in [2.45, 2.75) is 31.0 Å². The van der Waals surface area contributed by atoms with E-state index in [-0.39, 0.29) is 31.8 Å². The molecule has 22 heavy (non-hydrogen) atoms. The number of fused-ring (bicyclic) bond motifs is 1. The molecule has 1 unspecified atom stereocenters. The third-order valence-corrected chi connectivity index (χ3v) is 4.51. The van der Waals surface area contributed by atoms with Crippen molar-refractivity contribution in [3.8, 4) is 5.75 Å². The Balaban J connectivity index is 1.64. The second kappa shape index (κ2) is 5.44. The van der Waals surface area contributed by atoms with Gasteiger partial charge in [-0.1, -0.05) is 11.6 Å². The molecule has 3 rings (SSSR count). The van der Waals surface area contributed by atoms with Gasteiger partial charge in [0.05, 0.1) is 0 Å². The molecule has 7 heteroatoms. The van der Waals surface area contributed by atoms with Gasteiger partial charge in [0.2, 0.25) is 0 Å². The average Bonchev–Trinajstić information content (AvgIpc) is 2.90. The molecule has 2 heterocycles. The Morgan fingerprint density at radius 2 is 2.00 bits per heavy atom. The molecule has 1 saturated heterocycles. The molecule has 1 atom stereocenters. The lowest BCUT2D eigenvalue weighted by atomic mass is 9.91. The smallest absolute Gasteiger partial charge is 0.335 e. The van der Waals surface area contributed by atoms with E-state index in [1.165, 1.54) is 0 Å². The van der Waals surface area contributed by atoms with Crippen LogP contribution in [-0.4, -0.2) is 51.8 Å². The number of amides is 1. The van der Waals surface area contributed by atoms with E-state index in [0.29, 0.717) is 17.2 Å². The third-order valence-electron chi connectivity index (χ3n) is 4.27. The number of hydrogen-bond donors (Lipinski definition) is 2. The number of carboxylic acid groups (broad SMARTS) is 1. The fourth-order valence-corrected chi connectivity index (χ4v) is 3.06. The maximum absolute atomic E-state index is 12.5. The summed E-state index contributed by atoms with van der Waals surface area (Å²) < 4.78 is 5.65. The summed E-state index contributed by atoms with van der Waals surface area (Å²) in [4.78, 5) is 25.0. The number of likely N-dealkylation sites (tertiary alicyclic amines) is 1. The number of carbonyl (C=O) groups excluding carboxylic acids is 1. The van der Waals surface area contributed by atoms with E-state index in [9.17, 15) is 14.7 Å². The minimum atomic E-state index is -1.73. The predicted molar refractivity (Wildman–Crippen MR) is 78.0 cm³/mol. The van der Waals surface area contributed by atoms with Crippen LogP contribution < -0.4 is 4.74 Å². The van der Waals surface area contributed by atoms with Gasteiger partial charge in [-0.05, 0) is 23.8 Å². The first-order chi connectivity index (χ1) is 10.4. The van der Waals surface area contributed by atoms with E-state index in [1.54, 1.807) is 23.1 Å². The van der Waals surface area contributed by atoms with Crippen LogP contribution in [0.25, 0.3) is 0 Å². The van der Waals surface area contributed by atoms with Gasteiger partial charge < -0.3 is 19.8 Å². The molecule has 1 fully saturated rings. The van der Waals surface area contributed by atoms with Gasteiger partial charge in [-0.15, -0.1) is 0 Å². The Morgan fingerprint density at radius 3 is 2.64 bits per heavy atom. The summed E-state index contributed by atoms with van der Waals surface area (Å²) in [6, 6.07) is 5.23. The average molecular weight is 326 g/mol. The number of carbonyl (C=O) groups is 2. The number of aliphatic hydroxyl groups is 1. The Morgan fingerprint density at radius 1 is 1.32 bits per heavy atom. The first kappa shape index (κ1) is 15.1. The van der Waals surface area contributed by atoms with E-state index in [4.69, 9.17) is 21.4 Å². The van der Waals surface area contributed by atoms with E-state index >= 15 is 0 Å². The lowest BCUT2D eigenvalue weighted by molar-refractivity contribution is -0.166. The number of piperidine rings is 1. The quantitative estimate of drug-likeness (QED) is 0.849. The Hall–Kier alpha value is -1.79. The standard InChI is InChI=1S/C15H16ClNO5/c16-10-1-2-11-9(7-10)8-12(22-11)13(18)17-5-3-15(21,4-6-17)14(19)20/h1-2,7,12,21H,3-6,8H2,(H,19,20). The fraction of sp³-hybridized carbons (Fsp3) is 0.467. The van der Waals surface area contributed by atoms with Crippen LogP contribution in [0.5, 0.6) is 5.75 Å². The second-order valence-corrected chi connectivity index (χ2v) is 6.16. The van der Waals surface area contributed by atoms with Crippen molar-refractivity contribution in [3.63, 3.8) is 0 Å². The summed E-state index contributed by atoms with van der Waals surface area (Å²) in [5.41, 5.74) is -0.839. The minimum absolute atomic E-state index is 0.0274. The van der Waals surface area contributed by atoms with E-state index < -0.39 is 17.7 Å². The molecule has 2 aliphatic rings. The molecule has 1 aromatic carbocycles. The molecule has 2 N–H and O–H groups in total. The molecule has 0 bridgehead atoms. The maximum Gasteiger partial charge on any atom is 0.335 e. The van der Waals surface area contributed by atoms with Gasteiger partial charge in [-0.3, -0.25) is 4.79 Å². The van der Waals surface area contributed by atoms with Gasteiger partial charge in [-0.2, -0.15) is 0 Å². The van der Waals surface area contributed by atoms with Crippen molar-refractivity contribution >= 4 is 23.5 Å². The highest BCUT2D eigenvalue weighted by atomic mass is 35.5. The van der Waals surface area contributed by atoms with Gasteiger partial charge in [-0.25, -0.2) is 4.79 Å². The monoisotopic (exact) mass is 325 g/mol. The van der Waals surface area contributed by atoms with Crippen LogP contribution in [0.1, 0.15) is 18.4 Å². The summed E-state index contributed by atoms with van der Waals surface area (Å²) in [6.07, 6.45) is -0.0995. The number of ether oxygens (including phenoxy) is 1. The molecule has 118 valence electrons. The van der Waals surface area contributed by atoms with Gasteiger partial charge in [0.25, 0.3) is 5.91 Å². The Kier molecular flexibility index (Phi) is 3.74. The van der Waals surface area contributed by atoms with Crippen LogP contribution in [0.15, 0.2) is 18.2 Å². The van der Waals surface area contributed by atoms with Crippen molar-refractivity contribution in [2.75, 3.05) is 13.1 Å². The number of benzene rings is 1. The van der Waals surface area contributed by atoms with Crippen LogP contribution in [0.3, 0.4) is 0 Å². The van der Waals surface area contributed by atoms with Crippen LogP contribution in [0.2, 0.25) is 5.02 Å². The van der Waals surface area contributed by atoms with Gasteiger partial charge >= 0.3 is 5.97 Å². The molecule has 0 aliphatic carbocycles. The highest BCUT2D eigenvalue weighted by molar-refractivity contribution is 6.30. The molecule has 2 aliphatic heterocycles. The van der Waals surface area contributed by atoms with Gasteiger partial charge in [0.1, 0.15) is 5.75 Å². The van der Waals surface area contributed by atoms with E-state index in [2.05, 4.69) is 0 Å². The number of aliphatic carboxylic acids is 1. The lowest BCUT2D eigenvalue weighted by Crippen LogP contribution is -2.53. The SMILES string of the molecule is O=C(C1Cc2cc(Cl)ccc2O1)N1CCC(O)(C(=O)O)CC1. The number of carboxylic acids is 1. The van der Waals surface area contributed by atoms with Crippen molar-refractivity contribution in [1.82, 2.24) is 4.90 Å². The number of halogens is 1. The summed E-state index contributed by atoms with van der Waals surface area (Å²) in [5.74, 6) is -0.764. The van der Waals surface area contributed by atoms with Crippen LogP contribution in [0, 0.1) is 0 Å². The van der Waals surface area contributed by atoms with Crippen molar-refractivity contribution in [1.29, 1.82) is 0 Å². The van der Waals surface area contributed by atoms with Crippen LogP contribution >= 0.6 is 11.6 Å². The summed E-state index contributed by atoms with van der Waals surface area (Å²) in [5, 5.41) is 19.5. The molecule has 6 nitrogen and oxygen atoms in total. The first-order valence-electron chi connectivity index (χ1n) is 7.09. The number of hydrogen-bond acceptors (Lipinski definition) is 4. The predicted octanol–water partition coefficient (Wildman–Crippen LogP) is 1.08. The zero-order valence-corrected chi connectivity index (χ0v) is 12.5. The van der Waals surface area contributed by atoms with Gasteiger partial charge in [0, 0.05) is 37.4 Å². The highest BCUT2D eigenvalue weighted by Crippen LogP contribution is 2.32. The van der Waals surface area contributed by atoms with E-state index in [0.717, 1.165) is 5.56 Å². The lowest BCUT2D eigenvalue weighted by Gasteiger charge is -2.36.